The Morgan fingerprint density at radius 2 is 1.13 bits per heavy atom. The third-order valence-corrected chi connectivity index (χ3v) is 6.59. The second kappa shape index (κ2) is 15.3. The van der Waals surface area contributed by atoms with Gasteiger partial charge in [0, 0.05) is 18.3 Å². The molecule has 0 saturated carbocycles. The van der Waals surface area contributed by atoms with Gasteiger partial charge < -0.3 is 0 Å². The standard InChI is InChI=1S/C19H21N.C16H16.C2H6/c1-5-16-11-7-9-13-18(16)19(15(3)20-4)17-12-8-6-10-14(17)2;1-12-8-4-6-10-15(12)14(3)16-11-7-5-9-13(16)2;1-2/h6-13H,2,5H2,1,3-4H3;4-11H,3H2,1-2H3;1-2H3/b19-17+,20-15?;;. The quantitative estimate of drug-likeness (QED) is 0.244. The minimum Gasteiger partial charge on any atom is -0.293 e. The van der Waals surface area contributed by atoms with Crippen LogP contribution in [-0.4, -0.2) is 12.8 Å². The van der Waals surface area contributed by atoms with Gasteiger partial charge in [-0.05, 0) is 76.6 Å². The van der Waals surface area contributed by atoms with Gasteiger partial charge in [-0.2, -0.15) is 0 Å². The van der Waals surface area contributed by atoms with Gasteiger partial charge in [-0.3, -0.25) is 4.99 Å². The molecule has 1 heteroatoms. The van der Waals surface area contributed by atoms with Crippen LogP contribution in [0.5, 0.6) is 0 Å². The topological polar surface area (TPSA) is 12.4 Å². The van der Waals surface area contributed by atoms with Crippen molar-refractivity contribution in [2.75, 3.05) is 7.05 Å². The molecule has 1 nitrogen and oxygen atoms in total. The van der Waals surface area contributed by atoms with Crippen molar-refractivity contribution in [3.8, 4) is 0 Å². The van der Waals surface area contributed by atoms with Gasteiger partial charge in [0.1, 0.15) is 0 Å². The molecule has 0 heterocycles. The Morgan fingerprint density at radius 1 is 0.684 bits per heavy atom. The molecule has 0 aromatic heterocycles. The molecule has 0 aliphatic rings. The van der Waals surface area contributed by atoms with Gasteiger partial charge in [0.05, 0.1) is 0 Å². The summed E-state index contributed by atoms with van der Waals surface area (Å²) in [5.74, 6) is 0. The number of hydrogen-bond acceptors (Lipinski definition) is 1. The predicted octanol–water partition coefficient (Wildman–Crippen LogP) is 8.34. The molecular weight excluding hydrogens is 458 g/mol. The van der Waals surface area contributed by atoms with E-state index in [-0.39, 0.29) is 0 Å². The lowest BCUT2D eigenvalue weighted by atomic mass is 9.93. The zero-order valence-corrected chi connectivity index (χ0v) is 24.3. The van der Waals surface area contributed by atoms with Crippen LogP contribution in [0.2, 0.25) is 0 Å². The van der Waals surface area contributed by atoms with E-state index in [0.29, 0.717) is 0 Å². The minimum atomic E-state index is 1.01. The third kappa shape index (κ3) is 7.52. The maximum atomic E-state index is 4.41. The van der Waals surface area contributed by atoms with Crippen LogP contribution in [-0.2, 0) is 6.42 Å². The van der Waals surface area contributed by atoms with E-state index < -0.39 is 0 Å². The molecule has 0 aliphatic carbocycles. The number of rotatable bonds is 5. The van der Waals surface area contributed by atoms with Crippen LogP contribution in [0.4, 0.5) is 0 Å². The van der Waals surface area contributed by atoms with E-state index >= 15 is 0 Å². The Hall–Kier alpha value is -3.97. The SMILES string of the molecule is C=C(c1ccccc1C)c1ccccc1C.C=c1cccc/c1=C(/C(C)=NC)c1ccccc1CC.CC. The van der Waals surface area contributed by atoms with Crippen molar-refractivity contribution in [3.63, 3.8) is 0 Å². The summed E-state index contributed by atoms with van der Waals surface area (Å²) in [6.45, 7) is 20.9. The van der Waals surface area contributed by atoms with Gasteiger partial charge in [-0.25, -0.2) is 0 Å². The Morgan fingerprint density at radius 3 is 1.61 bits per heavy atom. The summed E-state index contributed by atoms with van der Waals surface area (Å²) in [6.07, 6.45) is 1.01. The zero-order chi connectivity index (χ0) is 28.1. The molecule has 0 bridgehead atoms. The molecule has 4 aromatic rings. The molecule has 0 atom stereocenters. The Balaban J connectivity index is 0.000000256. The lowest BCUT2D eigenvalue weighted by molar-refractivity contribution is 1.13. The monoisotopic (exact) mass is 501 g/mol. The maximum Gasteiger partial charge on any atom is 0.0398 e. The van der Waals surface area contributed by atoms with Gasteiger partial charge >= 0.3 is 0 Å². The first-order valence-electron chi connectivity index (χ1n) is 13.5. The van der Waals surface area contributed by atoms with Gasteiger partial charge in [0.2, 0.25) is 0 Å². The molecule has 0 amide bonds. The van der Waals surface area contributed by atoms with Crippen molar-refractivity contribution in [1.82, 2.24) is 0 Å². The smallest absolute Gasteiger partial charge is 0.0398 e. The molecule has 0 aliphatic heterocycles. The molecule has 0 radical (unpaired) electrons. The fraction of sp³-hybridized carbons (Fsp3) is 0.216. The molecule has 0 saturated heterocycles. The highest BCUT2D eigenvalue weighted by Gasteiger charge is 2.10. The van der Waals surface area contributed by atoms with Crippen molar-refractivity contribution in [2.24, 2.45) is 4.99 Å². The maximum absolute atomic E-state index is 4.41. The highest BCUT2D eigenvalue weighted by atomic mass is 14.7. The Bertz CT molecular complexity index is 1440. The summed E-state index contributed by atoms with van der Waals surface area (Å²) in [4.78, 5) is 4.41. The fourth-order valence-electron chi connectivity index (χ4n) is 4.45. The highest BCUT2D eigenvalue weighted by Crippen LogP contribution is 2.26. The molecule has 38 heavy (non-hydrogen) atoms. The van der Waals surface area contributed by atoms with Crippen LogP contribution < -0.4 is 10.4 Å². The average Bonchev–Trinajstić information content (AvgIpc) is 2.96. The molecular formula is C37H43N. The van der Waals surface area contributed by atoms with Gasteiger partial charge in [0.25, 0.3) is 0 Å². The zero-order valence-electron chi connectivity index (χ0n) is 24.3. The predicted molar refractivity (Wildman–Crippen MR) is 170 cm³/mol. The molecule has 4 aromatic carbocycles. The first kappa shape index (κ1) is 30.3. The number of hydrogen-bond donors (Lipinski definition) is 0. The van der Waals surface area contributed by atoms with E-state index in [9.17, 15) is 0 Å². The summed E-state index contributed by atoms with van der Waals surface area (Å²) in [5.41, 5.74) is 11.0. The van der Waals surface area contributed by atoms with E-state index in [0.717, 1.165) is 28.1 Å². The molecule has 4 rings (SSSR count). The van der Waals surface area contributed by atoms with E-state index in [1.807, 2.05) is 33.0 Å². The normalized spacial score (nSPS) is 11.4. The summed E-state index contributed by atoms with van der Waals surface area (Å²) < 4.78 is 0. The van der Waals surface area contributed by atoms with Crippen LogP contribution in [0.25, 0.3) is 17.7 Å². The van der Waals surface area contributed by atoms with Crippen molar-refractivity contribution >= 4 is 23.4 Å². The lowest BCUT2D eigenvalue weighted by Crippen LogP contribution is -2.28. The fourth-order valence-corrected chi connectivity index (χ4v) is 4.45. The van der Waals surface area contributed by atoms with Crippen LogP contribution in [0.3, 0.4) is 0 Å². The number of nitrogens with zero attached hydrogens (tertiary/aromatic N) is 1. The summed E-state index contributed by atoms with van der Waals surface area (Å²) in [6, 6.07) is 33.5. The molecule has 0 spiro atoms. The summed E-state index contributed by atoms with van der Waals surface area (Å²) in [7, 11) is 1.84. The molecule has 0 fully saturated rings. The Kier molecular flexibility index (Phi) is 12.2. The van der Waals surface area contributed by atoms with Crippen molar-refractivity contribution in [2.45, 2.75) is 48.0 Å². The average molecular weight is 502 g/mol. The van der Waals surface area contributed by atoms with E-state index in [4.69, 9.17) is 0 Å². The minimum absolute atomic E-state index is 1.01. The second-order valence-electron chi connectivity index (χ2n) is 8.96. The van der Waals surface area contributed by atoms with Crippen molar-refractivity contribution < 1.29 is 0 Å². The Labute approximate surface area is 230 Å². The van der Waals surface area contributed by atoms with E-state index in [2.05, 4.69) is 131 Å². The van der Waals surface area contributed by atoms with Crippen LogP contribution in [0, 0.1) is 13.8 Å². The van der Waals surface area contributed by atoms with E-state index in [1.54, 1.807) is 0 Å². The summed E-state index contributed by atoms with van der Waals surface area (Å²) >= 11 is 0. The third-order valence-electron chi connectivity index (χ3n) is 6.59. The van der Waals surface area contributed by atoms with Crippen LogP contribution in [0.15, 0.2) is 109 Å². The first-order chi connectivity index (χ1) is 18.4. The largest absolute Gasteiger partial charge is 0.293 e. The van der Waals surface area contributed by atoms with Crippen LogP contribution >= 0.6 is 0 Å². The van der Waals surface area contributed by atoms with Gasteiger partial charge in [-0.15, -0.1) is 0 Å². The lowest BCUT2D eigenvalue weighted by Gasteiger charge is -2.12. The van der Waals surface area contributed by atoms with E-state index in [1.165, 1.54) is 39.0 Å². The first-order valence-corrected chi connectivity index (χ1v) is 13.5. The number of benzene rings is 4. The van der Waals surface area contributed by atoms with Gasteiger partial charge in [0.15, 0.2) is 0 Å². The highest BCUT2D eigenvalue weighted by molar-refractivity contribution is 6.22. The van der Waals surface area contributed by atoms with Crippen LogP contribution in [0.1, 0.15) is 61.1 Å². The molecule has 0 unspecified atom stereocenters. The molecule has 0 N–H and O–H groups in total. The van der Waals surface area contributed by atoms with Crippen molar-refractivity contribution in [3.05, 3.63) is 147 Å². The molecule has 196 valence electrons. The van der Waals surface area contributed by atoms with Crippen molar-refractivity contribution in [1.29, 1.82) is 0 Å². The number of aliphatic imine (C=N–C) groups is 1. The van der Waals surface area contributed by atoms with Gasteiger partial charge in [-0.1, -0.05) is 131 Å². The number of aryl methyl sites for hydroxylation is 3. The summed E-state index contributed by atoms with van der Waals surface area (Å²) in [5, 5.41) is 2.20. The second-order valence-corrected chi connectivity index (χ2v) is 8.96.